The van der Waals surface area contributed by atoms with E-state index >= 15 is 0 Å². The molecular formula is C14H16N2O2. The molecule has 1 N–H and O–H groups in total. The van der Waals surface area contributed by atoms with Crippen molar-refractivity contribution in [2.45, 2.75) is 27.4 Å². The van der Waals surface area contributed by atoms with Gasteiger partial charge in [-0.2, -0.15) is 4.98 Å². The smallest absolute Gasteiger partial charge is 0.322 e. The van der Waals surface area contributed by atoms with Gasteiger partial charge < -0.3 is 9.84 Å². The van der Waals surface area contributed by atoms with Gasteiger partial charge in [0.2, 0.25) is 0 Å². The van der Waals surface area contributed by atoms with Crippen LogP contribution in [0.2, 0.25) is 0 Å². The van der Waals surface area contributed by atoms with E-state index in [9.17, 15) is 0 Å². The molecule has 1 aromatic heterocycles. The van der Waals surface area contributed by atoms with Gasteiger partial charge in [0, 0.05) is 11.8 Å². The zero-order chi connectivity index (χ0) is 13.1. The summed E-state index contributed by atoms with van der Waals surface area (Å²) in [6.07, 6.45) is 1.58. The average molecular weight is 244 g/mol. The third-order valence-electron chi connectivity index (χ3n) is 2.92. The van der Waals surface area contributed by atoms with Crippen molar-refractivity contribution in [1.82, 2.24) is 9.97 Å². The fourth-order valence-electron chi connectivity index (χ4n) is 1.56. The number of rotatable bonds is 3. The van der Waals surface area contributed by atoms with Crippen molar-refractivity contribution in [3.8, 4) is 11.8 Å². The molecule has 1 heterocycles. The van der Waals surface area contributed by atoms with E-state index < -0.39 is 0 Å². The van der Waals surface area contributed by atoms with Crippen LogP contribution in [0.1, 0.15) is 22.4 Å². The Hall–Kier alpha value is -1.94. The number of benzene rings is 1. The lowest BCUT2D eigenvalue weighted by atomic mass is 10.1. The van der Waals surface area contributed by atoms with E-state index in [1.807, 2.05) is 32.0 Å². The van der Waals surface area contributed by atoms with E-state index in [2.05, 4.69) is 16.9 Å². The maximum Gasteiger partial charge on any atom is 0.322 e. The summed E-state index contributed by atoms with van der Waals surface area (Å²) in [5.41, 5.74) is 3.82. The van der Waals surface area contributed by atoms with Crippen LogP contribution in [-0.2, 0) is 6.61 Å². The molecular weight excluding hydrogens is 228 g/mol. The van der Waals surface area contributed by atoms with Crippen LogP contribution in [0.5, 0.6) is 11.8 Å². The molecule has 0 fully saturated rings. The molecule has 0 bridgehead atoms. The lowest BCUT2D eigenvalue weighted by molar-refractivity contribution is 0.279. The molecule has 4 heteroatoms. The van der Waals surface area contributed by atoms with Crippen LogP contribution in [0.15, 0.2) is 24.4 Å². The molecule has 0 atom stereocenters. The van der Waals surface area contributed by atoms with Gasteiger partial charge in [-0.1, -0.05) is 6.07 Å². The molecule has 0 aliphatic rings. The largest absolute Gasteiger partial charge is 0.424 e. The number of aromatic nitrogens is 2. The monoisotopic (exact) mass is 244 g/mol. The number of ether oxygens (including phenoxy) is 1. The molecule has 1 aromatic carbocycles. The fraction of sp³-hybridized carbons (Fsp3) is 0.286. The molecule has 0 saturated carbocycles. The summed E-state index contributed by atoms with van der Waals surface area (Å²) in [6, 6.07) is 6.14. The second-order valence-electron chi connectivity index (χ2n) is 4.27. The first kappa shape index (κ1) is 12.5. The first-order chi connectivity index (χ1) is 8.60. The van der Waals surface area contributed by atoms with Gasteiger partial charge in [-0.3, -0.25) is 0 Å². The van der Waals surface area contributed by atoms with Crippen LogP contribution in [0.3, 0.4) is 0 Å². The van der Waals surface area contributed by atoms with Gasteiger partial charge in [0.15, 0.2) is 0 Å². The predicted molar refractivity (Wildman–Crippen MR) is 68.7 cm³/mol. The van der Waals surface area contributed by atoms with Crippen LogP contribution < -0.4 is 4.74 Å². The highest BCUT2D eigenvalue weighted by Crippen LogP contribution is 2.21. The van der Waals surface area contributed by atoms with Gasteiger partial charge in [0.05, 0.1) is 12.3 Å². The summed E-state index contributed by atoms with van der Waals surface area (Å²) in [5, 5.41) is 9.05. The third-order valence-corrected chi connectivity index (χ3v) is 2.92. The van der Waals surface area contributed by atoms with Crippen molar-refractivity contribution < 1.29 is 9.84 Å². The zero-order valence-corrected chi connectivity index (χ0v) is 10.8. The topological polar surface area (TPSA) is 55.2 Å². The van der Waals surface area contributed by atoms with E-state index in [1.54, 1.807) is 6.20 Å². The quantitative estimate of drug-likeness (QED) is 0.901. The maximum atomic E-state index is 9.05. The van der Waals surface area contributed by atoms with Crippen molar-refractivity contribution in [1.29, 1.82) is 0 Å². The Balaban J connectivity index is 2.23. The van der Waals surface area contributed by atoms with E-state index in [4.69, 9.17) is 9.84 Å². The fourth-order valence-corrected chi connectivity index (χ4v) is 1.56. The van der Waals surface area contributed by atoms with E-state index in [0.29, 0.717) is 17.3 Å². The van der Waals surface area contributed by atoms with Crippen LogP contribution >= 0.6 is 0 Å². The van der Waals surface area contributed by atoms with Gasteiger partial charge >= 0.3 is 6.01 Å². The van der Waals surface area contributed by atoms with E-state index in [1.165, 1.54) is 5.56 Å². The zero-order valence-electron chi connectivity index (χ0n) is 10.8. The minimum atomic E-state index is -0.0598. The molecule has 94 valence electrons. The van der Waals surface area contributed by atoms with Crippen molar-refractivity contribution in [2.24, 2.45) is 0 Å². The molecule has 0 spiro atoms. The predicted octanol–water partition coefficient (Wildman–Crippen LogP) is 2.69. The Labute approximate surface area is 106 Å². The summed E-state index contributed by atoms with van der Waals surface area (Å²) in [5.74, 6) is 0.717. The average Bonchev–Trinajstić information content (AvgIpc) is 2.34. The van der Waals surface area contributed by atoms with Gasteiger partial charge in [-0.25, -0.2) is 4.98 Å². The van der Waals surface area contributed by atoms with Crippen molar-refractivity contribution in [3.63, 3.8) is 0 Å². The number of aliphatic hydroxyl groups excluding tert-OH is 1. The number of nitrogens with zero attached hydrogens (tertiary/aromatic N) is 2. The summed E-state index contributed by atoms with van der Waals surface area (Å²) in [6.45, 7) is 5.84. The highest BCUT2D eigenvalue weighted by Gasteiger charge is 2.05. The molecule has 0 radical (unpaired) electrons. The van der Waals surface area contributed by atoms with Crippen LogP contribution in [0.25, 0.3) is 0 Å². The Morgan fingerprint density at radius 1 is 1.17 bits per heavy atom. The molecule has 2 rings (SSSR count). The molecule has 0 aliphatic carbocycles. The summed E-state index contributed by atoms with van der Waals surface area (Å²) in [4.78, 5) is 8.26. The van der Waals surface area contributed by atoms with Crippen LogP contribution in [0.4, 0.5) is 0 Å². The number of hydrogen-bond acceptors (Lipinski definition) is 4. The lowest BCUT2D eigenvalue weighted by Crippen LogP contribution is -1.98. The molecule has 0 saturated heterocycles. The second-order valence-corrected chi connectivity index (χ2v) is 4.27. The summed E-state index contributed by atoms with van der Waals surface area (Å²) < 4.78 is 5.59. The number of aliphatic hydroxyl groups is 1. The minimum absolute atomic E-state index is 0.0598. The van der Waals surface area contributed by atoms with Crippen molar-refractivity contribution in [2.75, 3.05) is 0 Å². The number of hydrogen-bond donors (Lipinski definition) is 1. The first-order valence-electron chi connectivity index (χ1n) is 5.78. The standard InChI is InChI=1S/C14H16N2O2/c1-9-4-5-13(6-10(9)2)18-14-15-7-12(8-17)11(3)16-14/h4-7,17H,8H2,1-3H3. The van der Waals surface area contributed by atoms with E-state index in [0.717, 1.165) is 11.3 Å². The van der Waals surface area contributed by atoms with Gasteiger partial charge in [0.25, 0.3) is 0 Å². The summed E-state index contributed by atoms with van der Waals surface area (Å²) in [7, 11) is 0. The highest BCUT2D eigenvalue weighted by molar-refractivity contribution is 5.35. The van der Waals surface area contributed by atoms with Crippen LogP contribution in [-0.4, -0.2) is 15.1 Å². The Morgan fingerprint density at radius 2 is 1.94 bits per heavy atom. The van der Waals surface area contributed by atoms with Gasteiger partial charge in [0.1, 0.15) is 5.75 Å². The van der Waals surface area contributed by atoms with Crippen molar-refractivity contribution >= 4 is 0 Å². The molecule has 18 heavy (non-hydrogen) atoms. The number of aryl methyl sites for hydroxylation is 3. The lowest BCUT2D eigenvalue weighted by Gasteiger charge is -2.08. The molecule has 2 aromatic rings. The normalized spacial score (nSPS) is 10.4. The molecule has 4 nitrogen and oxygen atoms in total. The molecule has 0 aliphatic heterocycles. The Kier molecular flexibility index (Phi) is 3.58. The molecule has 0 unspecified atom stereocenters. The third kappa shape index (κ3) is 2.65. The Bertz CT molecular complexity index is 568. The van der Waals surface area contributed by atoms with Gasteiger partial charge in [-0.05, 0) is 44.0 Å². The highest BCUT2D eigenvalue weighted by atomic mass is 16.5. The van der Waals surface area contributed by atoms with Gasteiger partial charge in [-0.15, -0.1) is 0 Å². The Morgan fingerprint density at radius 3 is 2.56 bits per heavy atom. The van der Waals surface area contributed by atoms with Crippen molar-refractivity contribution in [3.05, 3.63) is 46.8 Å². The first-order valence-corrected chi connectivity index (χ1v) is 5.78. The molecule has 0 amide bonds. The SMILES string of the molecule is Cc1ccc(Oc2ncc(CO)c(C)n2)cc1C. The maximum absolute atomic E-state index is 9.05. The van der Waals surface area contributed by atoms with Crippen LogP contribution in [0, 0.1) is 20.8 Å². The summed E-state index contributed by atoms with van der Waals surface area (Å²) >= 11 is 0. The van der Waals surface area contributed by atoms with E-state index in [-0.39, 0.29) is 6.61 Å². The second kappa shape index (κ2) is 5.14. The minimum Gasteiger partial charge on any atom is -0.424 e.